The molecule has 0 bridgehead atoms. The summed E-state index contributed by atoms with van der Waals surface area (Å²) in [6.07, 6.45) is 3.70. The normalized spacial score (nSPS) is 12.8. The highest BCUT2D eigenvalue weighted by Crippen LogP contribution is 2.09. The van der Waals surface area contributed by atoms with Crippen LogP contribution in [0.25, 0.3) is 0 Å². The van der Waals surface area contributed by atoms with Gasteiger partial charge < -0.3 is 5.11 Å². The van der Waals surface area contributed by atoms with Crippen molar-refractivity contribution in [2.24, 2.45) is 5.92 Å². The van der Waals surface area contributed by atoms with E-state index in [4.69, 9.17) is 16.7 Å². The predicted octanol–water partition coefficient (Wildman–Crippen LogP) is 1.65. The minimum Gasteiger partial charge on any atom is -0.481 e. The number of nitrogens with zero attached hydrogens (tertiary/aromatic N) is 2. The minimum absolute atomic E-state index is 0.374. The molecule has 1 atom stereocenters. The monoisotopic (exact) mass is 202 g/mol. The standard InChI is InChI=1S/C8H11ClN2O2/c1-2-6(8(12)13)4-11-5-7(9)3-10-11/h3,5-6H,2,4H2,1H3,(H,12,13). The molecule has 72 valence electrons. The lowest BCUT2D eigenvalue weighted by molar-refractivity contribution is -0.142. The van der Waals surface area contributed by atoms with Crippen LogP contribution >= 0.6 is 11.6 Å². The third-order valence-corrected chi connectivity index (χ3v) is 2.05. The van der Waals surface area contributed by atoms with Crippen LogP contribution in [0.5, 0.6) is 0 Å². The number of aromatic nitrogens is 2. The Morgan fingerprint density at radius 3 is 2.92 bits per heavy atom. The van der Waals surface area contributed by atoms with Gasteiger partial charge in [0.25, 0.3) is 0 Å². The van der Waals surface area contributed by atoms with Gasteiger partial charge in [-0.05, 0) is 6.42 Å². The van der Waals surface area contributed by atoms with Crippen LogP contribution in [-0.2, 0) is 11.3 Å². The topological polar surface area (TPSA) is 55.1 Å². The van der Waals surface area contributed by atoms with Gasteiger partial charge in [0.05, 0.1) is 23.7 Å². The molecule has 1 rings (SSSR count). The van der Waals surface area contributed by atoms with Crippen molar-refractivity contribution in [3.05, 3.63) is 17.4 Å². The summed E-state index contributed by atoms with van der Waals surface area (Å²) >= 11 is 5.64. The first-order valence-corrected chi connectivity index (χ1v) is 4.42. The average molecular weight is 203 g/mol. The molecule has 5 heteroatoms. The molecule has 1 heterocycles. The second-order valence-electron chi connectivity index (χ2n) is 2.82. The maximum atomic E-state index is 10.7. The molecule has 0 aliphatic heterocycles. The first-order valence-electron chi connectivity index (χ1n) is 4.04. The van der Waals surface area contributed by atoms with E-state index in [2.05, 4.69) is 5.10 Å². The highest BCUT2D eigenvalue weighted by Gasteiger charge is 2.15. The summed E-state index contributed by atoms with van der Waals surface area (Å²) in [5, 5.41) is 13.2. The summed E-state index contributed by atoms with van der Waals surface area (Å²) in [6.45, 7) is 2.21. The number of hydrogen-bond donors (Lipinski definition) is 1. The van der Waals surface area contributed by atoms with Crippen LogP contribution in [0.1, 0.15) is 13.3 Å². The lowest BCUT2D eigenvalue weighted by Crippen LogP contribution is -2.19. The van der Waals surface area contributed by atoms with Crippen molar-refractivity contribution in [1.29, 1.82) is 0 Å². The summed E-state index contributed by atoms with van der Waals surface area (Å²) in [6, 6.07) is 0. The Morgan fingerprint density at radius 1 is 1.85 bits per heavy atom. The van der Waals surface area contributed by atoms with Gasteiger partial charge in [-0.15, -0.1) is 0 Å². The summed E-state index contributed by atoms with van der Waals surface area (Å²) in [7, 11) is 0. The maximum Gasteiger partial charge on any atom is 0.308 e. The summed E-state index contributed by atoms with van der Waals surface area (Å²) in [5.74, 6) is -1.19. The first kappa shape index (κ1) is 10.1. The van der Waals surface area contributed by atoms with E-state index < -0.39 is 11.9 Å². The number of carboxylic acids is 1. The zero-order valence-electron chi connectivity index (χ0n) is 7.27. The van der Waals surface area contributed by atoms with Gasteiger partial charge in [-0.3, -0.25) is 9.48 Å². The number of aliphatic carboxylic acids is 1. The van der Waals surface area contributed by atoms with Gasteiger partial charge in [-0.1, -0.05) is 18.5 Å². The molecule has 0 aliphatic rings. The number of hydrogen-bond acceptors (Lipinski definition) is 2. The average Bonchev–Trinajstić information content (AvgIpc) is 2.46. The van der Waals surface area contributed by atoms with E-state index in [9.17, 15) is 4.79 Å². The molecule has 1 aromatic rings. The van der Waals surface area contributed by atoms with Crippen molar-refractivity contribution < 1.29 is 9.90 Å². The van der Waals surface area contributed by atoms with Crippen LogP contribution in [0.3, 0.4) is 0 Å². The third-order valence-electron chi connectivity index (χ3n) is 1.85. The van der Waals surface area contributed by atoms with Gasteiger partial charge >= 0.3 is 5.97 Å². The van der Waals surface area contributed by atoms with Gasteiger partial charge in [0.2, 0.25) is 0 Å². The Hall–Kier alpha value is -1.03. The van der Waals surface area contributed by atoms with Crippen LogP contribution < -0.4 is 0 Å². The first-order chi connectivity index (χ1) is 6.13. The predicted molar refractivity (Wildman–Crippen MR) is 48.7 cm³/mol. The molecule has 1 N–H and O–H groups in total. The summed E-state index contributed by atoms with van der Waals surface area (Å²) in [5.41, 5.74) is 0. The van der Waals surface area contributed by atoms with Gasteiger partial charge in [-0.2, -0.15) is 5.10 Å². The second kappa shape index (κ2) is 4.28. The van der Waals surface area contributed by atoms with Crippen molar-refractivity contribution in [2.75, 3.05) is 0 Å². The van der Waals surface area contributed by atoms with Crippen LogP contribution in [0, 0.1) is 5.92 Å². The Labute approximate surface area is 81.1 Å². The minimum atomic E-state index is -0.797. The molecule has 4 nitrogen and oxygen atoms in total. The van der Waals surface area contributed by atoms with Gasteiger partial charge in [0, 0.05) is 6.20 Å². The van der Waals surface area contributed by atoms with E-state index in [-0.39, 0.29) is 0 Å². The molecular formula is C8H11ClN2O2. The summed E-state index contributed by atoms with van der Waals surface area (Å²) in [4.78, 5) is 10.7. The molecular weight excluding hydrogens is 192 g/mol. The van der Waals surface area contributed by atoms with Crippen molar-refractivity contribution in [1.82, 2.24) is 9.78 Å². The molecule has 13 heavy (non-hydrogen) atoms. The van der Waals surface area contributed by atoms with E-state index in [0.717, 1.165) is 0 Å². The van der Waals surface area contributed by atoms with Crippen LogP contribution in [0.15, 0.2) is 12.4 Å². The molecule has 0 amide bonds. The van der Waals surface area contributed by atoms with Crippen LogP contribution in [-0.4, -0.2) is 20.9 Å². The SMILES string of the molecule is CCC(Cn1cc(Cl)cn1)C(=O)O. The molecule has 0 spiro atoms. The van der Waals surface area contributed by atoms with Crippen molar-refractivity contribution >= 4 is 17.6 Å². The second-order valence-corrected chi connectivity index (χ2v) is 3.26. The van der Waals surface area contributed by atoms with E-state index in [0.29, 0.717) is 18.0 Å². The van der Waals surface area contributed by atoms with Crippen molar-refractivity contribution in [3.8, 4) is 0 Å². The van der Waals surface area contributed by atoms with E-state index in [1.807, 2.05) is 6.92 Å². The molecule has 0 fully saturated rings. The maximum absolute atomic E-state index is 10.7. The van der Waals surface area contributed by atoms with E-state index in [1.165, 1.54) is 6.20 Å². The number of carboxylic acid groups (broad SMARTS) is 1. The third kappa shape index (κ3) is 2.73. The Bertz CT molecular complexity index is 298. The fraction of sp³-hybridized carbons (Fsp3) is 0.500. The zero-order valence-corrected chi connectivity index (χ0v) is 8.03. The highest BCUT2D eigenvalue weighted by atomic mass is 35.5. The van der Waals surface area contributed by atoms with Crippen LogP contribution in [0.4, 0.5) is 0 Å². The van der Waals surface area contributed by atoms with Gasteiger partial charge in [0.15, 0.2) is 0 Å². The molecule has 0 saturated heterocycles. The highest BCUT2D eigenvalue weighted by molar-refractivity contribution is 6.30. The largest absolute Gasteiger partial charge is 0.481 e. The van der Waals surface area contributed by atoms with Gasteiger partial charge in [-0.25, -0.2) is 0 Å². The molecule has 1 aromatic heterocycles. The van der Waals surface area contributed by atoms with Crippen molar-refractivity contribution in [2.45, 2.75) is 19.9 Å². The Kier molecular flexibility index (Phi) is 3.31. The smallest absolute Gasteiger partial charge is 0.308 e. The molecule has 1 unspecified atom stereocenters. The van der Waals surface area contributed by atoms with Crippen molar-refractivity contribution in [3.63, 3.8) is 0 Å². The molecule has 0 radical (unpaired) electrons. The molecule has 0 saturated carbocycles. The molecule has 0 aliphatic carbocycles. The fourth-order valence-electron chi connectivity index (χ4n) is 1.05. The lowest BCUT2D eigenvalue weighted by Gasteiger charge is -2.08. The Morgan fingerprint density at radius 2 is 2.54 bits per heavy atom. The lowest BCUT2D eigenvalue weighted by atomic mass is 10.1. The summed E-state index contributed by atoms with van der Waals surface area (Å²) < 4.78 is 1.55. The zero-order chi connectivity index (χ0) is 9.84. The number of carbonyl (C=O) groups is 1. The number of halogens is 1. The number of rotatable bonds is 4. The van der Waals surface area contributed by atoms with Crippen LogP contribution in [0.2, 0.25) is 5.02 Å². The van der Waals surface area contributed by atoms with Gasteiger partial charge in [0.1, 0.15) is 0 Å². The Balaban J connectivity index is 2.61. The quantitative estimate of drug-likeness (QED) is 0.808. The fourth-order valence-corrected chi connectivity index (χ4v) is 1.20. The van der Waals surface area contributed by atoms with E-state index in [1.54, 1.807) is 10.9 Å². The van der Waals surface area contributed by atoms with E-state index >= 15 is 0 Å². The molecule has 0 aromatic carbocycles.